The number of nitrogens with zero attached hydrogens (tertiary/aromatic N) is 1. The van der Waals surface area contributed by atoms with E-state index in [-0.39, 0.29) is 23.2 Å². The van der Waals surface area contributed by atoms with E-state index in [1.807, 2.05) is 6.07 Å². The van der Waals surface area contributed by atoms with Crippen LogP contribution in [0.3, 0.4) is 0 Å². The molecule has 2 aromatic carbocycles. The first-order valence-corrected chi connectivity index (χ1v) is 10.0. The Morgan fingerprint density at radius 3 is 2.54 bits per heavy atom. The normalized spacial score (nSPS) is 13.4. The summed E-state index contributed by atoms with van der Waals surface area (Å²) in [6, 6.07) is 12.6. The zero-order valence-electron chi connectivity index (χ0n) is 15.1. The molecule has 1 amide bonds. The Morgan fingerprint density at radius 1 is 1.21 bits per heavy atom. The molecule has 9 heteroatoms. The second kappa shape index (κ2) is 8.29. The van der Waals surface area contributed by atoms with Crippen molar-refractivity contribution in [3.63, 3.8) is 0 Å². The van der Waals surface area contributed by atoms with Gasteiger partial charge < -0.3 is 14.8 Å². The number of rotatable bonds is 8. The maximum Gasteiger partial charge on any atom is 0.262 e. The molecule has 0 unspecified atom stereocenters. The molecular formula is C19H19N3O5S. The quantitative estimate of drug-likeness (QED) is 0.699. The third-order valence-electron chi connectivity index (χ3n) is 4.01. The molecule has 28 heavy (non-hydrogen) atoms. The lowest BCUT2D eigenvalue weighted by atomic mass is 10.2. The van der Waals surface area contributed by atoms with E-state index in [2.05, 4.69) is 10.0 Å². The summed E-state index contributed by atoms with van der Waals surface area (Å²) in [7, 11) is -2.23. The Bertz CT molecular complexity index is 1010. The van der Waals surface area contributed by atoms with E-state index in [1.54, 1.807) is 24.3 Å². The number of methoxy groups -OCH3 is 1. The number of ether oxygens (including phenoxy) is 2. The topological polar surface area (TPSA) is 118 Å². The molecule has 146 valence electrons. The molecule has 2 N–H and O–H groups in total. The number of carbonyl (C=O) groups is 1. The summed E-state index contributed by atoms with van der Waals surface area (Å²) in [6.07, 6.45) is 1.65. The minimum atomic E-state index is -3.66. The van der Waals surface area contributed by atoms with Crippen molar-refractivity contribution < 1.29 is 22.7 Å². The number of nitrogens with one attached hydrogen (secondary N) is 2. The molecule has 1 aliphatic carbocycles. The average molecular weight is 401 g/mol. The smallest absolute Gasteiger partial charge is 0.262 e. The van der Waals surface area contributed by atoms with Gasteiger partial charge >= 0.3 is 0 Å². The maximum absolute atomic E-state index is 12.4. The van der Waals surface area contributed by atoms with Crippen molar-refractivity contribution >= 4 is 21.6 Å². The van der Waals surface area contributed by atoms with Gasteiger partial charge in [-0.3, -0.25) is 4.79 Å². The molecule has 3 rings (SSSR count). The number of amides is 1. The van der Waals surface area contributed by atoms with Crippen LogP contribution in [-0.4, -0.2) is 34.1 Å². The van der Waals surface area contributed by atoms with Crippen LogP contribution >= 0.6 is 0 Å². The first-order valence-electron chi connectivity index (χ1n) is 8.54. The Balaban J connectivity index is 1.68. The van der Waals surface area contributed by atoms with Crippen LogP contribution in [0.5, 0.6) is 11.5 Å². The second-order valence-corrected chi connectivity index (χ2v) is 7.94. The second-order valence-electron chi connectivity index (χ2n) is 6.23. The van der Waals surface area contributed by atoms with E-state index in [9.17, 15) is 13.2 Å². The van der Waals surface area contributed by atoms with Crippen LogP contribution in [0, 0.1) is 11.3 Å². The van der Waals surface area contributed by atoms with Gasteiger partial charge in [-0.2, -0.15) is 5.26 Å². The zero-order valence-corrected chi connectivity index (χ0v) is 16.0. The molecule has 1 saturated carbocycles. The van der Waals surface area contributed by atoms with Gasteiger partial charge in [-0.25, -0.2) is 13.1 Å². The molecular weight excluding hydrogens is 382 g/mol. The van der Waals surface area contributed by atoms with Gasteiger partial charge in [0.25, 0.3) is 5.91 Å². The number of hydrogen-bond acceptors (Lipinski definition) is 6. The van der Waals surface area contributed by atoms with Gasteiger partial charge in [-0.1, -0.05) is 0 Å². The SMILES string of the molecule is COc1ccc(S(=O)(=O)NC2CC2)cc1NC(=O)COc1ccc(C#N)cc1. The van der Waals surface area contributed by atoms with Crippen molar-refractivity contribution in [3.05, 3.63) is 48.0 Å². The summed E-state index contributed by atoms with van der Waals surface area (Å²) in [5, 5.41) is 11.4. The highest BCUT2D eigenvalue weighted by Crippen LogP contribution is 2.29. The fourth-order valence-electron chi connectivity index (χ4n) is 2.40. The summed E-state index contributed by atoms with van der Waals surface area (Å²) in [4.78, 5) is 12.3. The van der Waals surface area contributed by atoms with Crippen molar-refractivity contribution in [1.29, 1.82) is 5.26 Å². The average Bonchev–Trinajstić information content (AvgIpc) is 3.50. The summed E-state index contributed by atoms with van der Waals surface area (Å²) in [6.45, 7) is -0.285. The van der Waals surface area contributed by atoms with E-state index in [4.69, 9.17) is 14.7 Å². The Labute approximate surface area is 163 Å². The molecule has 1 fully saturated rings. The third kappa shape index (κ3) is 5.00. The lowest BCUT2D eigenvalue weighted by molar-refractivity contribution is -0.118. The molecule has 0 bridgehead atoms. The van der Waals surface area contributed by atoms with Gasteiger partial charge in [0.2, 0.25) is 10.0 Å². The molecule has 0 aromatic heterocycles. The third-order valence-corrected chi connectivity index (χ3v) is 5.53. The summed E-state index contributed by atoms with van der Waals surface area (Å²) >= 11 is 0. The predicted octanol–water partition coefficient (Wildman–Crippen LogP) is 2.03. The van der Waals surface area contributed by atoms with E-state index < -0.39 is 15.9 Å². The molecule has 0 heterocycles. The van der Waals surface area contributed by atoms with Gasteiger partial charge in [0.05, 0.1) is 29.3 Å². The molecule has 2 aromatic rings. The van der Waals surface area contributed by atoms with Crippen LogP contribution in [0.2, 0.25) is 0 Å². The summed E-state index contributed by atoms with van der Waals surface area (Å²) in [5.41, 5.74) is 0.717. The highest BCUT2D eigenvalue weighted by molar-refractivity contribution is 7.89. The molecule has 8 nitrogen and oxygen atoms in total. The number of sulfonamides is 1. The standard InChI is InChI=1S/C19H19N3O5S/c1-26-18-9-8-16(28(24,25)22-14-4-5-14)10-17(18)21-19(23)12-27-15-6-2-13(11-20)3-7-15/h2-3,6-10,14,22H,4-5,12H2,1H3,(H,21,23). The van der Waals surface area contributed by atoms with Gasteiger partial charge in [0, 0.05) is 6.04 Å². The minimum Gasteiger partial charge on any atom is -0.495 e. The Hall–Kier alpha value is -3.09. The highest BCUT2D eigenvalue weighted by Gasteiger charge is 2.28. The van der Waals surface area contributed by atoms with E-state index in [0.29, 0.717) is 17.1 Å². The van der Waals surface area contributed by atoms with Crippen molar-refractivity contribution in [1.82, 2.24) is 4.72 Å². The lowest BCUT2D eigenvalue weighted by Crippen LogP contribution is -2.26. The number of anilines is 1. The molecule has 0 radical (unpaired) electrons. The predicted molar refractivity (Wildman–Crippen MR) is 102 cm³/mol. The monoisotopic (exact) mass is 401 g/mol. The molecule has 0 saturated heterocycles. The zero-order chi connectivity index (χ0) is 20.1. The van der Waals surface area contributed by atoms with Crippen molar-refractivity contribution in [2.24, 2.45) is 0 Å². The first kappa shape index (κ1) is 19.7. The van der Waals surface area contributed by atoms with Gasteiger partial charge in [0.15, 0.2) is 6.61 Å². The molecule has 0 atom stereocenters. The Kier molecular flexibility index (Phi) is 5.82. The summed E-state index contributed by atoms with van der Waals surface area (Å²) in [5.74, 6) is 0.288. The number of hydrogen-bond donors (Lipinski definition) is 2. The fraction of sp³-hybridized carbons (Fsp3) is 0.263. The largest absolute Gasteiger partial charge is 0.495 e. The van der Waals surface area contributed by atoms with Crippen LogP contribution in [0.15, 0.2) is 47.4 Å². The van der Waals surface area contributed by atoms with Crippen molar-refractivity contribution in [2.75, 3.05) is 19.0 Å². The van der Waals surface area contributed by atoms with E-state index in [0.717, 1.165) is 12.8 Å². The Morgan fingerprint density at radius 2 is 1.93 bits per heavy atom. The fourth-order valence-corrected chi connectivity index (χ4v) is 3.73. The van der Waals surface area contributed by atoms with Gasteiger partial charge in [0.1, 0.15) is 11.5 Å². The van der Waals surface area contributed by atoms with Crippen LogP contribution in [0.25, 0.3) is 0 Å². The number of nitriles is 1. The van der Waals surface area contributed by atoms with Crippen molar-refractivity contribution in [2.45, 2.75) is 23.8 Å². The number of carbonyl (C=O) groups excluding carboxylic acids is 1. The van der Waals surface area contributed by atoms with Gasteiger partial charge in [-0.05, 0) is 55.3 Å². The van der Waals surface area contributed by atoms with Crippen LogP contribution < -0.4 is 19.5 Å². The van der Waals surface area contributed by atoms with Crippen LogP contribution in [0.4, 0.5) is 5.69 Å². The van der Waals surface area contributed by atoms with E-state index in [1.165, 1.54) is 25.3 Å². The van der Waals surface area contributed by atoms with Crippen LogP contribution in [0.1, 0.15) is 18.4 Å². The van der Waals surface area contributed by atoms with E-state index >= 15 is 0 Å². The lowest BCUT2D eigenvalue weighted by Gasteiger charge is -2.13. The first-order chi connectivity index (χ1) is 13.4. The highest BCUT2D eigenvalue weighted by atomic mass is 32.2. The molecule has 0 aliphatic heterocycles. The molecule has 1 aliphatic rings. The van der Waals surface area contributed by atoms with Crippen molar-refractivity contribution in [3.8, 4) is 17.6 Å². The maximum atomic E-state index is 12.4. The minimum absolute atomic E-state index is 0.0223. The summed E-state index contributed by atoms with van der Waals surface area (Å²) < 4.78 is 37.9. The number of benzene rings is 2. The molecule has 0 spiro atoms. The van der Waals surface area contributed by atoms with Crippen LogP contribution in [-0.2, 0) is 14.8 Å². The van der Waals surface area contributed by atoms with Gasteiger partial charge in [-0.15, -0.1) is 0 Å².